The molecule has 7 heteroatoms. The number of nitrogens with zero attached hydrogens (tertiary/aromatic N) is 4. The van der Waals surface area contributed by atoms with Crippen molar-refractivity contribution in [3.8, 4) is 0 Å². The number of nitrogens with one attached hydrogen (secondary N) is 1. The van der Waals surface area contributed by atoms with Crippen LogP contribution in [0.25, 0.3) is 0 Å². The summed E-state index contributed by atoms with van der Waals surface area (Å²) < 4.78 is 1.77. The molecule has 0 saturated heterocycles. The van der Waals surface area contributed by atoms with Crippen LogP contribution in [-0.4, -0.2) is 25.7 Å². The van der Waals surface area contributed by atoms with Gasteiger partial charge in [0.1, 0.15) is 11.2 Å². The summed E-state index contributed by atoms with van der Waals surface area (Å²) in [6.45, 7) is 8.78. The molecule has 19 heavy (non-hydrogen) atoms. The van der Waals surface area contributed by atoms with Gasteiger partial charge in [0.2, 0.25) is 5.95 Å². The van der Waals surface area contributed by atoms with Crippen LogP contribution in [0.1, 0.15) is 43.1 Å². The van der Waals surface area contributed by atoms with E-state index in [0.717, 1.165) is 5.69 Å². The first kappa shape index (κ1) is 13.7. The summed E-state index contributed by atoms with van der Waals surface area (Å²) in [6, 6.07) is 0. The number of hydrogen-bond donors (Lipinski definition) is 1. The molecule has 2 aromatic rings. The lowest BCUT2D eigenvalue weighted by molar-refractivity contribution is 0.102. The largest absolute Gasteiger partial charge is 0.300 e. The Hall–Kier alpha value is -1.76. The molecule has 2 aromatic heterocycles. The van der Waals surface area contributed by atoms with Crippen molar-refractivity contribution in [1.82, 2.24) is 19.7 Å². The predicted octanol–water partition coefficient (Wildman–Crippen LogP) is 2.30. The van der Waals surface area contributed by atoms with Gasteiger partial charge >= 0.3 is 0 Å². The van der Waals surface area contributed by atoms with Crippen LogP contribution in [0, 0.1) is 0 Å². The van der Waals surface area contributed by atoms with Gasteiger partial charge < -0.3 is 0 Å². The highest BCUT2D eigenvalue weighted by atomic mass is 32.1. The maximum atomic E-state index is 12.3. The van der Waals surface area contributed by atoms with E-state index in [1.807, 2.05) is 27.7 Å². The molecule has 0 unspecified atom stereocenters. The van der Waals surface area contributed by atoms with Crippen molar-refractivity contribution in [2.45, 2.75) is 39.7 Å². The molecular weight excluding hydrogens is 262 g/mol. The Morgan fingerprint density at radius 2 is 2.21 bits per heavy atom. The second kappa shape index (κ2) is 5.08. The number of hydrogen-bond acceptors (Lipinski definition) is 5. The van der Waals surface area contributed by atoms with Gasteiger partial charge in [0.05, 0.1) is 11.2 Å². The van der Waals surface area contributed by atoms with Gasteiger partial charge in [0.25, 0.3) is 5.91 Å². The average Bonchev–Trinajstić information content (AvgIpc) is 2.95. The van der Waals surface area contributed by atoms with Gasteiger partial charge in [-0.25, -0.2) is 4.98 Å². The van der Waals surface area contributed by atoms with Gasteiger partial charge in [-0.1, -0.05) is 20.8 Å². The van der Waals surface area contributed by atoms with E-state index in [4.69, 9.17) is 0 Å². The summed E-state index contributed by atoms with van der Waals surface area (Å²) in [5.41, 5.74) is 2.34. The maximum absolute atomic E-state index is 12.3. The average molecular weight is 279 g/mol. The molecule has 0 aliphatic carbocycles. The summed E-state index contributed by atoms with van der Waals surface area (Å²) in [5.74, 6) is 0.274. The van der Waals surface area contributed by atoms with E-state index < -0.39 is 0 Å². The molecule has 0 spiro atoms. The third-order valence-corrected chi connectivity index (χ3v) is 3.49. The molecule has 0 saturated carbocycles. The Bertz CT molecular complexity index is 581. The van der Waals surface area contributed by atoms with E-state index in [9.17, 15) is 4.79 Å². The number of carbonyl (C=O) groups is 1. The summed E-state index contributed by atoms with van der Waals surface area (Å²) >= 11 is 1.34. The minimum Gasteiger partial charge on any atom is -0.300 e. The van der Waals surface area contributed by atoms with Crippen molar-refractivity contribution in [2.24, 2.45) is 0 Å². The van der Waals surface area contributed by atoms with Crippen molar-refractivity contribution < 1.29 is 4.79 Å². The maximum Gasteiger partial charge on any atom is 0.270 e. The Labute approximate surface area is 115 Å². The van der Waals surface area contributed by atoms with Crippen molar-refractivity contribution >= 4 is 23.2 Å². The SMILES string of the molecule is CCn1cnnc1NC(=O)c1scnc1C(C)(C)C. The van der Waals surface area contributed by atoms with Crippen LogP contribution >= 0.6 is 11.3 Å². The molecule has 2 heterocycles. The monoisotopic (exact) mass is 279 g/mol. The zero-order chi connectivity index (χ0) is 14.0. The minimum atomic E-state index is -0.185. The highest BCUT2D eigenvalue weighted by Crippen LogP contribution is 2.27. The van der Waals surface area contributed by atoms with Crippen LogP contribution in [0.2, 0.25) is 0 Å². The van der Waals surface area contributed by atoms with Crippen LogP contribution in [0.3, 0.4) is 0 Å². The number of carbonyl (C=O) groups excluding carboxylic acids is 1. The number of rotatable bonds is 3. The fraction of sp³-hybridized carbons (Fsp3) is 0.500. The molecule has 0 bridgehead atoms. The minimum absolute atomic E-state index is 0.162. The van der Waals surface area contributed by atoms with E-state index in [-0.39, 0.29) is 11.3 Å². The Morgan fingerprint density at radius 1 is 1.47 bits per heavy atom. The standard InChI is InChI=1S/C12H17N5OS/c1-5-17-6-14-16-11(17)15-10(18)8-9(12(2,3)4)13-7-19-8/h6-7H,5H2,1-4H3,(H,15,16,18). The van der Waals surface area contributed by atoms with Gasteiger partial charge in [-0.2, -0.15) is 0 Å². The van der Waals surface area contributed by atoms with Crippen molar-refractivity contribution in [1.29, 1.82) is 0 Å². The van der Waals surface area contributed by atoms with Crippen LogP contribution in [0.15, 0.2) is 11.8 Å². The lowest BCUT2D eigenvalue weighted by Gasteiger charge is -2.17. The molecule has 1 N–H and O–H groups in total. The highest BCUT2D eigenvalue weighted by Gasteiger charge is 2.25. The summed E-state index contributed by atoms with van der Waals surface area (Å²) in [5, 5.41) is 10.5. The molecule has 0 aliphatic rings. The van der Waals surface area contributed by atoms with E-state index in [1.165, 1.54) is 11.3 Å². The number of aromatic nitrogens is 4. The smallest absolute Gasteiger partial charge is 0.270 e. The zero-order valence-electron chi connectivity index (χ0n) is 11.5. The molecule has 102 valence electrons. The van der Waals surface area contributed by atoms with E-state index in [0.29, 0.717) is 17.4 Å². The Kier molecular flexibility index (Phi) is 3.66. The summed E-state index contributed by atoms with van der Waals surface area (Å²) in [4.78, 5) is 17.2. The number of aryl methyl sites for hydroxylation is 1. The van der Waals surface area contributed by atoms with Crippen molar-refractivity contribution in [3.63, 3.8) is 0 Å². The third-order valence-electron chi connectivity index (χ3n) is 2.67. The second-order valence-corrected chi connectivity index (χ2v) is 6.03. The number of thiazole rings is 1. The van der Waals surface area contributed by atoms with Gasteiger partial charge in [0.15, 0.2) is 0 Å². The Morgan fingerprint density at radius 3 is 2.84 bits per heavy atom. The van der Waals surface area contributed by atoms with Crippen LogP contribution in [0.4, 0.5) is 5.95 Å². The number of amides is 1. The topological polar surface area (TPSA) is 72.7 Å². The quantitative estimate of drug-likeness (QED) is 0.935. The summed E-state index contributed by atoms with van der Waals surface area (Å²) in [6.07, 6.45) is 1.59. The third kappa shape index (κ3) is 2.81. The fourth-order valence-corrected chi connectivity index (χ4v) is 2.58. The molecule has 6 nitrogen and oxygen atoms in total. The van der Waals surface area contributed by atoms with Crippen LogP contribution in [-0.2, 0) is 12.0 Å². The first-order valence-corrected chi connectivity index (χ1v) is 6.94. The lowest BCUT2D eigenvalue weighted by Crippen LogP contribution is -2.21. The highest BCUT2D eigenvalue weighted by molar-refractivity contribution is 7.12. The molecule has 0 atom stereocenters. The Balaban J connectivity index is 2.24. The molecule has 0 fully saturated rings. The van der Waals surface area contributed by atoms with Crippen LogP contribution in [0.5, 0.6) is 0 Å². The lowest BCUT2D eigenvalue weighted by atomic mass is 9.91. The first-order valence-electron chi connectivity index (χ1n) is 6.06. The van der Waals surface area contributed by atoms with Gasteiger partial charge in [-0.15, -0.1) is 21.5 Å². The molecule has 0 radical (unpaired) electrons. The number of anilines is 1. The van der Waals surface area contributed by atoms with Gasteiger partial charge in [0, 0.05) is 12.0 Å². The van der Waals surface area contributed by atoms with Gasteiger partial charge in [-0.3, -0.25) is 14.7 Å². The molecular formula is C12H17N5OS. The second-order valence-electron chi connectivity index (χ2n) is 5.17. The predicted molar refractivity (Wildman–Crippen MR) is 74.5 cm³/mol. The van der Waals surface area contributed by atoms with Crippen molar-refractivity contribution in [3.05, 3.63) is 22.4 Å². The fourth-order valence-electron chi connectivity index (χ4n) is 1.68. The first-order chi connectivity index (χ1) is 8.93. The zero-order valence-corrected chi connectivity index (χ0v) is 12.3. The van der Waals surface area contributed by atoms with E-state index in [1.54, 1.807) is 16.4 Å². The normalized spacial score (nSPS) is 11.6. The van der Waals surface area contributed by atoms with Crippen molar-refractivity contribution in [2.75, 3.05) is 5.32 Å². The molecule has 0 aliphatic heterocycles. The van der Waals surface area contributed by atoms with Gasteiger partial charge in [-0.05, 0) is 6.92 Å². The summed E-state index contributed by atoms with van der Waals surface area (Å²) in [7, 11) is 0. The van der Waals surface area contributed by atoms with E-state index >= 15 is 0 Å². The molecule has 1 amide bonds. The molecule has 0 aromatic carbocycles. The molecule has 2 rings (SSSR count). The van der Waals surface area contributed by atoms with E-state index in [2.05, 4.69) is 20.5 Å². The van der Waals surface area contributed by atoms with Crippen LogP contribution < -0.4 is 5.32 Å².